The Morgan fingerprint density at radius 2 is 2.12 bits per heavy atom. The van der Waals surface area contributed by atoms with Gasteiger partial charge in [0.05, 0.1) is 13.1 Å². The minimum Gasteiger partial charge on any atom is -0.444 e. The van der Waals surface area contributed by atoms with Crippen LogP contribution in [0.25, 0.3) is 0 Å². The molecule has 0 saturated carbocycles. The van der Waals surface area contributed by atoms with E-state index in [9.17, 15) is 9.28 Å². The van der Waals surface area contributed by atoms with Crippen LogP contribution in [-0.4, -0.2) is 41.2 Å². The van der Waals surface area contributed by atoms with Crippen molar-refractivity contribution >= 4 is 6.09 Å². The highest BCUT2D eigenvalue weighted by atomic mass is 19.2. The average molecular weight is 231 g/mol. The van der Waals surface area contributed by atoms with Crippen molar-refractivity contribution in [2.45, 2.75) is 26.4 Å². The molecule has 1 N–H and O–H groups in total. The standard InChI is InChI=1S/C10H18FN3O2/c1-8-7-13(5-6-14(8)12-11)9(15)16-10(2,3)4/h12H,1,5-7H2,2-4H3. The lowest BCUT2D eigenvalue weighted by Crippen LogP contribution is -2.50. The normalized spacial score (nSPS) is 17.6. The molecule has 16 heavy (non-hydrogen) atoms. The van der Waals surface area contributed by atoms with Gasteiger partial charge in [0.1, 0.15) is 5.60 Å². The first-order chi connectivity index (χ1) is 7.33. The SMILES string of the molecule is C=C1CN(C(=O)OC(C)(C)C)CCN1NF. The number of piperazine rings is 1. The summed E-state index contributed by atoms with van der Waals surface area (Å²) in [5, 5.41) is 1.26. The number of hydrogen-bond acceptors (Lipinski definition) is 4. The Hall–Kier alpha value is -1.30. The number of ether oxygens (including phenoxy) is 1. The maximum atomic E-state index is 12.2. The number of carbonyl (C=O) groups excluding carboxylic acids is 1. The van der Waals surface area contributed by atoms with Crippen molar-refractivity contribution in [1.82, 2.24) is 15.6 Å². The van der Waals surface area contributed by atoms with Gasteiger partial charge in [0.25, 0.3) is 0 Å². The molecule has 6 heteroatoms. The molecular formula is C10H18FN3O2. The highest BCUT2D eigenvalue weighted by Gasteiger charge is 2.27. The first-order valence-electron chi connectivity index (χ1n) is 5.13. The van der Waals surface area contributed by atoms with Crippen molar-refractivity contribution in [3.63, 3.8) is 0 Å². The van der Waals surface area contributed by atoms with Gasteiger partial charge < -0.3 is 9.64 Å². The molecule has 0 aromatic heterocycles. The van der Waals surface area contributed by atoms with E-state index in [0.29, 0.717) is 18.8 Å². The van der Waals surface area contributed by atoms with Crippen LogP contribution in [0.5, 0.6) is 0 Å². The van der Waals surface area contributed by atoms with Gasteiger partial charge in [0, 0.05) is 12.2 Å². The van der Waals surface area contributed by atoms with Crippen LogP contribution in [0.1, 0.15) is 20.8 Å². The summed E-state index contributed by atoms with van der Waals surface area (Å²) in [4.78, 5) is 13.2. The number of hydrazine groups is 1. The average Bonchev–Trinajstić information content (AvgIpc) is 2.15. The number of hydrogen-bond donors (Lipinski definition) is 1. The summed E-state index contributed by atoms with van der Waals surface area (Å²) in [5.74, 6) is 0. The highest BCUT2D eigenvalue weighted by Crippen LogP contribution is 2.14. The number of nitrogens with one attached hydrogen (secondary N) is 1. The Morgan fingerprint density at radius 3 is 2.56 bits per heavy atom. The van der Waals surface area contributed by atoms with Crippen LogP contribution in [0, 0.1) is 0 Å². The summed E-state index contributed by atoms with van der Waals surface area (Å²) in [5.41, 5.74) is 1.50. The van der Waals surface area contributed by atoms with E-state index in [1.165, 1.54) is 15.6 Å². The van der Waals surface area contributed by atoms with Gasteiger partial charge in [-0.3, -0.25) is 5.01 Å². The molecule has 0 atom stereocenters. The Labute approximate surface area is 94.7 Å². The Balaban J connectivity index is 2.52. The quantitative estimate of drug-likeness (QED) is 0.694. The molecule has 0 aromatic carbocycles. The summed E-state index contributed by atoms with van der Waals surface area (Å²) in [6.07, 6.45) is -0.396. The van der Waals surface area contributed by atoms with Gasteiger partial charge in [-0.15, -0.1) is 4.48 Å². The van der Waals surface area contributed by atoms with E-state index in [1.54, 1.807) is 20.8 Å². The molecule has 1 fully saturated rings. The van der Waals surface area contributed by atoms with E-state index < -0.39 is 11.7 Å². The second-order valence-corrected chi connectivity index (χ2v) is 4.70. The Morgan fingerprint density at radius 1 is 1.50 bits per heavy atom. The van der Waals surface area contributed by atoms with Crippen LogP contribution in [0.15, 0.2) is 12.3 Å². The number of carbonyl (C=O) groups is 1. The second-order valence-electron chi connectivity index (χ2n) is 4.70. The van der Waals surface area contributed by atoms with Crippen molar-refractivity contribution in [3.8, 4) is 0 Å². The van der Waals surface area contributed by atoms with E-state index in [-0.39, 0.29) is 6.54 Å². The summed E-state index contributed by atoms with van der Waals surface area (Å²) in [6.45, 7) is 10.1. The predicted molar refractivity (Wildman–Crippen MR) is 57.9 cm³/mol. The Bertz CT molecular complexity index is 288. The number of nitrogens with zero attached hydrogens (tertiary/aromatic N) is 2. The van der Waals surface area contributed by atoms with Crippen LogP contribution < -0.4 is 5.65 Å². The van der Waals surface area contributed by atoms with Gasteiger partial charge in [0.15, 0.2) is 0 Å². The lowest BCUT2D eigenvalue weighted by atomic mass is 10.2. The smallest absolute Gasteiger partial charge is 0.410 e. The zero-order chi connectivity index (χ0) is 12.3. The molecule has 1 aliphatic rings. The number of amides is 1. The van der Waals surface area contributed by atoms with Gasteiger partial charge in [-0.2, -0.15) is 0 Å². The van der Waals surface area contributed by atoms with E-state index in [1.807, 2.05) is 0 Å². The summed E-state index contributed by atoms with van der Waals surface area (Å²) < 4.78 is 17.4. The van der Waals surface area contributed by atoms with Gasteiger partial charge in [-0.25, -0.2) is 4.79 Å². The van der Waals surface area contributed by atoms with Gasteiger partial charge in [-0.1, -0.05) is 12.2 Å². The molecule has 0 unspecified atom stereocenters. The minimum atomic E-state index is -0.520. The first kappa shape index (κ1) is 12.8. The maximum Gasteiger partial charge on any atom is 0.410 e. The molecule has 0 spiro atoms. The lowest BCUT2D eigenvalue weighted by molar-refractivity contribution is 0.00656. The molecule has 0 bridgehead atoms. The molecule has 1 saturated heterocycles. The van der Waals surface area contributed by atoms with Crippen molar-refractivity contribution < 1.29 is 14.0 Å². The summed E-state index contributed by atoms with van der Waals surface area (Å²) in [7, 11) is 0. The van der Waals surface area contributed by atoms with Crippen LogP contribution in [0.4, 0.5) is 9.28 Å². The van der Waals surface area contributed by atoms with Gasteiger partial charge >= 0.3 is 6.09 Å². The zero-order valence-corrected chi connectivity index (χ0v) is 9.92. The van der Waals surface area contributed by atoms with Crippen LogP contribution in [0.3, 0.4) is 0 Å². The molecule has 1 heterocycles. The van der Waals surface area contributed by atoms with E-state index >= 15 is 0 Å². The number of rotatable bonds is 1. The maximum absolute atomic E-state index is 12.2. The fourth-order valence-corrected chi connectivity index (χ4v) is 1.35. The lowest BCUT2D eigenvalue weighted by Gasteiger charge is -2.36. The Kier molecular flexibility index (Phi) is 3.74. The van der Waals surface area contributed by atoms with Crippen molar-refractivity contribution in [2.24, 2.45) is 0 Å². The topological polar surface area (TPSA) is 44.8 Å². The van der Waals surface area contributed by atoms with E-state index in [2.05, 4.69) is 6.58 Å². The molecule has 1 rings (SSSR count). The predicted octanol–water partition coefficient (Wildman–Crippen LogP) is 1.44. The molecule has 0 aliphatic carbocycles. The van der Waals surface area contributed by atoms with E-state index in [0.717, 1.165) is 0 Å². The molecule has 5 nitrogen and oxygen atoms in total. The molecule has 0 aromatic rings. The number of halogens is 1. The molecule has 92 valence electrons. The van der Waals surface area contributed by atoms with Gasteiger partial charge in [-0.05, 0) is 20.8 Å². The molecule has 1 amide bonds. The zero-order valence-electron chi connectivity index (χ0n) is 9.92. The third kappa shape index (κ3) is 3.37. The summed E-state index contributed by atoms with van der Waals surface area (Å²) in [6, 6.07) is 0. The minimum absolute atomic E-state index is 0.270. The van der Waals surface area contributed by atoms with Gasteiger partial charge in [0.2, 0.25) is 0 Å². The van der Waals surface area contributed by atoms with Crippen LogP contribution >= 0.6 is 0 Å². The largest absolute Gasteiger partial charge is 0.444 e. The first-order valence-corrected chi connectivity index (χ1v) is 5.13. The highest BCUT2D eigenvalue weighted by molar-refractivity contribution is 5.68. The van der Waals surface area contributed by atoms with Crippen LogP contribution in [-0.2, 0) is 4.74 Å². The molecular weight excluding hydrogens is 213 g/mol. The van der Waals surface area contributed by atoms with E-state index in [4.69, 9.17) is 4.74 Å². The van der Waals surface area contributed by atoms with Crippen molar-refractivity contribution in [2.75, 3.05) is 19.6 Å². The molecule has 1 aliphatic heterocycles. The van der Waals surface area contributed by atoms with Crippen molar-refractivity contribution in [1.29, 1.82) is 0 Å². The fraction of sp³-hybridized carbons (Fsp3) is 0.700. The molecule has 0 radical (unpaired) electrons. The fourth-order valence-electron chi connectivity index (χ4n) is 1.35. The second kappa shape index (κ2) is 4.69. The third-order valence-electron chi connectivity index (χ3n) is 2.10. The monoisotopic (exact) mass is 231 g/mol. The summed E-state index contributed by atoms with van der Waals surface area (Å²) >= 11 is 0. The van der Waals surface area contributed by atoms with Crippen LogP contribution in [0.2, 0.25) is 0 Å². The third-order valence-corrected chi connectivity index (χ3v) is 2.10. The van der Waals surface area contributed by atoms with Crippen molar-refractivity contribution in [3.05, 3.63) is 12.3 Å².